The molecule has 0 saturated carbocycles. The van der Waals surface area contributed by atoms with Crippen LogP contribution in [0, 0.1) is 13.8 Å². The summed E-state index contributed by atoms with van der Waals surface area (Å²) in [5.41, 5.74) is -0.624. The summed E-state index contributed by atoms with van der Waals surface area (Å²) in [5, 5.41) is 6.79. The van der Waals surface area contributed by atoms with Crippen LogP contribution < -0.4 is 16.6 Å². The number of para-hydroxylation sites is 1. The Morgan fingerprint density at radius 3 is 2.50 bits per heavy atom. The monoisotopic (exact) mass is 471 g/mol. The molecule has 0 aliphatic rings. The molecule has 0 atom stereocenters. The number of amides is 1. The van der Waals surface area contributed by atoms with Crippen LogP contribution in [0.3, 0.4) is 0 Å². The lowest BCUT2D eigenvalue weighted by Crippen LogP contribution is -2.40. The summed E-state index contributed by atoms with van der Waals surface area (Å²) in [5.74, 6) is -0.779. The van der Waals surface area contributed by atoms with Crippen molar-refractivity contribution in [3.8, 4) is 5.69 Å². The first-order valence-electron chi connectivity index (χ1n) is 10.3. The third kappa shape index (κ3) is 4.49. The van der Waals surface area contributed by atoms with E-state index in [4.69, 9.17) is 0 Å². The van der Waals surface area contributed by atoms with E-state index in [9.17, 15) is 27.6 Å². The van der Waals surface area contributed by atoms with Gasteiger partial charge in [0, 0.05) is 12.2 Å². The lowest BCUT2D eigenvalue weighted by Gasteiger charge is -2.16. The highest BCUT2D eigenvalue weighted by Gasteiger charge is 2.34. The number of aromatic amines is 1. The van der Waals surface area contributed by atoms with Crippen molar-refractivity contribution in [2.45, 2.75) is 33.1 Å². The number of H-pyrrole nitrogens is 1. The molecule has 11 heteroatoms. The lowest BCUT2D eigenvalue weighted by atomic mass is 10.1. The molecule has 8 nitrogen and oxygen atoms in total. The highest BCUT2D eigenvalue weighted by atomic mass is 19.4. The summed E-state index contributed by atoms with van der Waals surface area (Å²) in [6, 6.07) is 11.8. The minimum absolute atomic E-state index is 0.161. The van der Waals surface area contributed by atoms with Crippen molar-refractivity contribution in [1.29, 1.82) is 0 Å². The number of hydrogen-bond acceptors (Lipinski definition) is 4. The maximum absolute atomic E-state index is 13.7. The summed E-state index contributed by atoms with van der Waals surface area (Å²) in [7, 11) is 0. The Bertz CT molecular complexity index is 1520. The third-order valence-electron chi connectivity index (χ3n) is 5.32. The number of carbonyl (C=O) groups is 1. The average Bonchev–Trinajstić information content (AvgIpc) is 3.12. The Kier molecular flexibility index (Phi) is 5.86. The van der Waals surface area contributed by atoms with Crippen molar-refractivity contribution in [2.75, 3.05) is 0 Å². The number of nitrogens with zero attached hydrogens (tertiary/aromatic N) is 3. The van der Waals surface area contributed by atoms with Crippen LogP contribution in [0.15, 0.2) is 58.1 Å². The largest absolute Gasteiger partial charge is 0.416 e. The van der Waals surface area contributed by atoms with Crippen LogP contribution in [0.5, 0.6) is 0 Å². The molecule has 4 rings (SSSR count). The van der Waals surface area contributed by atoms with E-state index in [1.165, 1.54) is 22.9 Å². The van der Waals surface area contributed by atoms with E-state index in [2.05, 4.69) is 15.4 Å². The molecular formula is C23H20F3N5O3. The van der Waals surface area contributed by atoms with Crippen LogP contribution in [-0.4, -0.2) is 25.2 Å². The molecule has 0 bridgehead atoms. The second kappa shape index (κ2) is 8.65. The maximum atomic E-state index is 13.7. The molecule has 2 heterocycles. The van der Waals surface area contributed by atoms with Crippen molar-refractivity contribution in [3.63, 3.8) is 0 Å². The van der Waals surface area contributed by atoms with Crippen molar-refractivity contribution >= 4 is 16.8 Å². The molecule has 2 aromatic carbocycles. The quantitative estimate of drug-likeness (QED) is 0.467. The Labute approximate surface area is 190 Å². The van der Waals surface area contributed by atoms with Gasteiger partial charge in [-0.3, -0.25) is 14.2 Å². The van der Waals surface area contributed by atoms with Crippen LogP contribution in [-0.2, 0) is 24.1 Å². The third-order valence-corrected chi connectivity index (χ3v) is 5.32. The molecule has 176 valence electrons. The van der Waals surface area contributed by atoms with E-state index in [-0.39, 0.29) is 16.6 Å². The van der Waals surface area contributed by atoms with Crippen LogP contribution in [0.25, 0.3) is 16.6 Å². The van der Waals surface area contributed by atoms with Crippen LogP contribution in [0.4, 0.5) is 13.2 Å². The van der Waals surface area contributed by atoms with Gasteiger partial charge < -0.3 is 10.3 Å². The maximum Gasteiger partial charge on any atom is 0.416 e. The molecule has 2 aromatic heterocycles. The first-order valence-corrected chi connectivity index (χ1v) is 10.3. The van der Waals surface area contributed by atoms with Crippen LogP contribution in [0.2, 0.25) is 0 Å². The fourth-order valence-corrected chi connectivity index (χ4v) is 3.74. The van der Waals surface area contributed by atoms with Crippen molar-refractivity contribution in [2.24, 2.45) is 0 Å². The molecule has 0 fully saturated rings. The van der Waals surface area contributed by atoms with E-state index in [0.717, 1.165) is 6.07 Å². The predicted molar refractivity (Wildman–Crippen MR) is 119 cm³/mol. The fourth-order valence-electron chi connectivity index (χ4n) is 3.74. The fraction of sp³-hybridized carbons (Fsp3) is 0.217. The zero-order valence-electron chi connectivity index (χ0n) is 18.2. The molecule has 0 saturated heterocycles. The minimum atomic E-state index is -4.67. The second-order valence-electron chi connectivity index (χ2n) is 7.82. The van der Waals surface area contributed by atoms with Crippen molar-refractivity contribution in [3.05, 3.63) is 91.9 Å². The summed E-state index contributed by atoms with van der Waals surface area (Å²) in [4.78, 5) is 39.7. The van der Waals surface area contributed by atoms with Gasteiger partial charge in [-0.05, 0) is 49.7 Å². The van der Waals surface area contributed by atoms with Gasteiger partial charge in [-0.2, -0.15) is 18.3 Å². The Morgan fingerprint density at radius 2 is 1.82 bits per heavy atom. The Balaban J connectivity index is 1.57. The van der Waals surface area contributed by atoms with Gasteiger partial charge in [-0.1, -0.05) is 18.2 Å². The van der Waals surface area contributed by atoms with Gasteiger partial charge in [0.1, 0.15) is 6.54 Å². The molecule has 1 amide bonds. The molecule has 4 aromatic rings. The molecule has 34 heavy (non-hydrogen) atoms. The molecule has 0 radical (unpaired) electrons. The zero-order valence-corrected chi connectivity index (χ0v) is 18.2. The first-order chi connectivity index (χ1) is 16.0. The summed E-state index contributed by atoms with van der Waals surface area (Å²) >= 11 is 0. The number of carbonyl (C=O) groups excluding carboxylic acids is 1. The molecule has 0 spiro atoms. The SMILES string of the molecule is Cc1cc(C)n(-c2ccc(CNC(=O)Cn3c(=O)[nH]c4ccccc4c3=O)c(C(F)(F)F)c2)n1. The molecular weight excluding hydrogens is 451 g/mol. The Hall–Kier alpha value is -4.15. The number of nitrogens with one attached hydrogen (secondary N) is 2. The predicted octanol–water partition coefficient (Wildman–Crippen LogP) is 2.83. The van der Waals surface area contributed by atoms with Gasteiger partial charge in [0.15, 0.2) is 0 Å². The average molecular weight is 471 g/mol. The second-order valence-corrected chi connectivity index (χ2v) is 7.82. The molecule has 0 aliphatic heterocycles. The van der Waals surface area contributed by atoms with Gasteiger partial charge in [0.2, 0.25) is 5.91 Å². The number of aromatic nitrogens is 4. The number of halogens is 3. The highest BCUT2D eigenvalue weighted by molar-refractivity contribution is 5.78. The highest BCUT2D eigenvalue weighted by Crippen LogP contribution is 2.33. The summed E-state index contributed by atoms with van der Waals surface area (Å²) in [6.45, 7) is 2.40. The number of fused-ring (bicyclic) bond motifs is 1. The van der Waals surface area contributed by atoms with E-state index < -0.39 is 42.0 Å². The van der Waals surface area contributed by atoms with Crippen molar-refractivity contribution < 1.29 is 18.0 Å². The van der Waals surface area contributed by atoms with E-state index >= 15 is 0 Å². The number of benzene rings is 2. The molecule has 0 unspecified atom stereocenters. The van der Waals surface area contributed by atoms with Crippen LogP contribution >= 0.6 is 0 Å². The van der Waals surface area contributed by atoms with Crippen LogP contribution in [0.1, 0.15) is 22.5 Å². The van der Waals surface area contributed by atoms with Gasteiger partial charge in [-0.15, -0.1) is 0 Å². The number of aryl methyl sites for hydroxylation is 2. The summed E-state index contributed by atoms with van der Waals surface area (Å²) in [6.07, 6.45) is -4.67. The molecule has 2 N–H and O–H groups in total. The Morgan fingerprint density at radius 1 is 1.09 bits per heavy atom. The first kappa shape index (κ1) is 23.0. The normalized spacial score (nSPS) is 11.7. The van der Waals surface area contributed by atoms with E-state index in [1.54, 1.807) is 38.1 Å². The number of alkyl halides is 3. The lowest BCUT2D eigenvalue weighted by molar-refractivity contribution is -0.138. The summed E-state index contributed by atoms with van der Waals surface area (Å²) < 4.78 is 43.3. The van der Waals surface area contributed by atoms with Gasteiger partial charge in [0.25, 0.3) is 5.56 Å². The minimum Gasteiger partial charge on any atom is -0.350 e. The van der Waals surface area contributed by atoms with Crippen molar-refractivity contribution in [1.82, 2.24) is 24.6 Å². The number of hydrogen-bond donors (Lipinski definition) is 2. The standard InChI is InChI=1S/C23H20F3N5O3/c1-13-9-14(2)31(29-13)16-8-7-15(18(10-16)23(24,25)26)11-27-20(32)12-30-21(33)17-5-3-4-6-19(17)28-22(30)34/h3-10H,11-12H2,1-2H3,(H,27,32)(H,28,34). The smallest absolute Gasteiger partial charge is 0.350 e. The van der Waals surface area contributed by atoms with Gasteiger partial charge in [-0.25, -0.2) is 9.48 Å². The van der Waals surface area contributed by atoms with E-state index in [1.807, 2.05) is 0 Å². The van der Waals surface area contributed by atoms with Gasteiger partial charge >= 0.3 is 11.9 Å². The van der Waals surface area contributed by atoms with E-state index in [0.29, 0.717) is 21.5 Å². The number of rotatable bonds is 5. The van der Waals surface area contributed by atoms with Gasteiger partial charge in [0.05, 0.1) is 27.8 Å². The topological polar surface area (TPSA) is 102 Å². The zero-order chi connectivity index (χ0) is 24.6. The molecule has 0 aliphatic carbocycles.